The van der Waals surface area contributed by atoms with Crippen molar-refractivity contribution in [3.63, 3.8) is 0 Å². The molecule has 0 aliphatic heterocycles. The van der Waals surface area contributed by atoms with Gasteiger partial charge in [0.05, 0.1) is 5.92 Å². The Bertz CT molecular complexity index is 491. The summed E-state index contributed by atoms with van der Waals surface area (Å²) in [7, 11) is 0. The maximum Gasteiger partial charge on any atom is 0.310 e. The van der Waals surface area contributed by atoms with Crippen LogP contribution in [-0.2, 0) is 19.1 Å². The quantitative estimate of drug-likeness (QED) is 0.715. The third kappa shape index (κ3) is 3.57. The summed E-state index contributed by atoms with van der Waals surface area (Å²) >= 11 is 0. The van der Waals surface area contributed by atoms with Crippen molar-refractivity contribution in [2.45, 2.75) is 52.0 Å². The van der Waals surface area contributed by atoms with Crippen LogP contribution in [-0.4, -0.2) is 37.0 Å². The van der Waals surface area contributed by atoms with Crippen molar-refractivity contribution in [1.82, 2.24) is 10.6 Å². The summed E-state index contributed by atoms with van der Waals surface area (Å²) in [5, 5.41) is 5.20. The van der Waals surface area contributed by atoms with Crippen molar-refractivity contribution in [1.29, 1.82) is 0 Å². The van der Waals surface area contributed by atoms with Crippen molar-refractivity contribution < 1.29 is 19.1 Å². The maximum absolute atomic E-state index is 12.5. The van der Waals surface area contributed by atoms with Gasteiger partial charge in [0.25, 0.3) is 5.91 Å². The van der Waals surface area contributed by atoms with E-state index in [0.29, 0.717) is 18.4 Å². The molecule has 0 heterocycles. The van der Waals surface area contributed by atoms with Gasteiger partial charge in [0, 0.05) is 6.54 Å². The predicted molar refractivity (Wildman–Crippen MR) is 87.8 cm³/mol. The standard InChI is InChI=1S/C18H28N2O4/c1-3-19-17(22)10(2)20-15(21)9-24-18(23)16-13-5-11-4-12(7-13)8-14(16)6-11/h10-14,16H,3-9H2,1-2H3,(H,19,22)(H,20,21)/t10-,11?,12?,13?,14?,16?/m0/s1. The molecular formula is C18H28N2O4. The summed E-state index contributed by atoms with van der Waals surface area (Å²) in [4.78, 5) is 36.0. The molecule has 0 spiro atoms. The fraction of sp³-hybridized carbons (Fsp3) is 0.833. The number of likely N-dealkylation sites (N-methyl/N-ethyl adjacent to an activating group) is 1. The van der Waals surface area contributed by atoms with E-state index >= 15 is 0 Å². The molecule has 6 nitrogen and oxygen atoms in total. The summed E-state index contributed by atoms with van der Waals surface area (Å²) in [6.07, 6.45) is 5.93. The minimum Gasteiger partial charge on any atom is -0.455 e. The molecule has 134 valence electrons. The number of nitrogens with one attached hydrogen (secondary N) is 2. The van der Waals surface area contributed by atoms with Gasteiger partial charge < -0.3 is 15.4 Å². The van der Waals surface area contributed by atoms with Gasteiger partial charge in [-0.1, -0.05) is 0 Å². The van der Waals surface area contributed by atoms with Crippen LogP contribution < -0.4 is 10.6 Å². The summed E-state index contributed by atoms with van der Waals surface area (Å²) in [5.41, 5.74) is 0. The minimum absolute atomic E-state index is 0.0218. The Hall–Kier alpha value is -1.59. The van der Waals surface area contributed by atoms with E-state index in [-0.39, 0.29) is 24.4 Å². The first kappa shape index (κ1) is 17.2. The first-order valence-electron chi connectivity index (χ1n) is 9.21. The molecule has 0 aromatic carbocycles. The zero-order valence-corrected chi connectivity index (χ0v) is 14.5. The van der Waals surface area contributed by atoms with Crippen LogP contribution in [0.2, 0.25) is 0 Å². The number of hydrogen-bond acceptors (Lipinski definition) is 4. The molecule has 4 aliphatic carbocycles. The van der Waals surface area contributed by atoms with Gasteiger partial charge in [0.2, 0.25) is 5.91 Å². The number of amides is 2. The highest BCUT2D eigenvalue weighted by Crippen LogP contribution is 2.56. The Morgan fingerprint density at radius 3 is 2.17 bits per heavy atom. The Kier molecular flexibility index (Phi) is 5.11. The summed E-state index contributed by atoms with van der Waals surface area (Å²) in [6, 6.07) is -0.627. The van der Waals surface area contributed by atoms with Gasteiger partial charge in [0.1, 0.15) is 6.04 Å². The lowest BCUT2D eigenvalue weighted by Gasteiger charge is -2.53. The Balaban J connectivity index is 1.46. The number of esters is 1. The molecule has 0 aromatic heterocycles. The third-order valence-electron chi connectivity index (χ3n) is 5.97. The van der Waals surface area contributed by atoms with Crippen molar-refractivity contribution >= 4 is 17.8 Å². The number of carbonyl (C=O) groups is 3. The van der Waals surface area contributed by atoms with E-state index in [9.17, 15) is 14.4 Å². The molecule has 1 atom stereocenters. The smallest absolute Gasteiger partial charge is 0.310 e. The Labute approximate surface area is 143 Å². The second kappa shape index (κ2) is 7.11. The maximum atomic E-state index is 12.5. The molecule has 6 heteroatoms. The third-order valence-corrected chi connectivity index (χ3v) is 5.97. The molecule has 4 bridgehead atoms. The van der Waals surface area contributed by atoms with Gasteiger partial charge in [-0.3, -0.25) is 14.4 Å². The van der Waals surface area contributed by atoms with E-state index in [2.05, 4.69) is 10.6 Å². The largest absolute Gasteiger partial charge is 0.455 e. The lowest BCUT2D eigenvalue weighted by atomic mass is 9.52. The molecule has 0 unspecified atom stereocenters. The van der Waals surface area contributed by atoms with Crippen molar-refractivity contribution in [2.24, 2.45) is 29.6 Å². The van der Waals surface area contributed by atoms with Gasteiger partial charge in [-0.05, 0) is 69.6 Å². The topological polar surface area (TPSA) is 84.5 Å². The highest BCUT2D eigenvalue weighted by molar-refractivity contribution is 5.88. The fourth-order valence-electron chi connectivity index (χ4n) is 5.22. The minimum atomic E-state index is -0.627. The van der Waals surface area contributed by atoms with Crippen LogP contribution in [0.5, 0.6) is 0 Å². The summed E-state index contributed by atoms with van der Waals surface area (Å²) < 4.78 is 5.29. The zero-order chi connectivity index (χ0) is 17.3. The van der Waals surface area contributed by atoms with Crippen molar-refractivity contribution in [2.75, 3.05) is 13.2 Å². The van der Waals surface area contributed by atoms with E-state index in [4.69, 9.17) is 4.74 Å². The lowest BCUT2D eigenvalue weighted by molar-refractivity contribution is -0.164. The number of carbonyl (C=O) groups excluding carboxylic acids is 3. The second-order valence-electron chi connectivity index (χ2n) is 7.75. The van der Waals surface area contributed by atoms with E-state index in [0.717, 1.165) is 37.5 Å². The van der Waals surface area contributed by atoms with Crippen LogP contribution in [0.3, 0.4) is 0 Å². The van der Waals surface area contributed by atoms with E-state index < -0.39 is 11.9 Å². The van der Waals surface area contributed by atoms with Gasteiger partial charge in [0.15, 0.2) is 6.61 Å². The summed E-state index contributed by atoms with van der Waals surface area (Å²) in [6.45, 7) is 3.65. The normalized spacial score (nSPS) is 34.5. The Morgan fingerprint density at radius 1 is 1.04 bits per heavy atom. The van der Waals surface area contributed by atoms with Gasteiger partial charge in [-0.25, -0.2) is 0 Å². The molecule has 4 fully saturated rings. The lowest BCUT2D eigenvalue weighted by Crippen LogP contribution is -2.49. The number of ether oxygens (including phenoxy) is 1. The van der Waals surface area contributed by atoms with E-state index in [1.807, 2.05) is 6.92 Å². The van der Waals surface area contributed by atoms with Crippen LogP contribution in [0.15, 0.2) is 0 Å². The average Bonchev–Trinajstić information content (AvgIpc) is 2.52. The number of hydrogen-bond donors (Lipinski definition) is 2. The first-order chi connectivity index (χ1) is 11.5. The van der Waals surface area contributed by atoms with Crippen LogP contribution in [0, 0.1) is 29.6 Å². The highest BCUT2D eigenvalue weighted by Gasteiger charge is 2.51. The monoisotopic (exact) mass is 336 g/mol. The molecule has 4 aliphatic rings. The molecule has 24 heavy (non-hydrogen) atoms. The Morgan fingerprint density at radius 2 is 1.62 bits per heavy atom. The van der Waals surface area contributed by atoms with E-state index in [1.165, 1.54) is 6.42 Å². The summed E-state index contributed by atoms with van der Waals surface area (Å²) in [5.74, 6) is 1.60. The molecule has 0 radical (unpaired) electrons. The van der Waals surface area contributed by atoms with Crippen molar-refractivity contribution in [3.05, 3.63) is 0 Å². The van der Waals surface area contributed by atoms with Crippen LogP contribution in [0.25, 0.3) is 0 Å². The first-order valence-corrected chi connectivity index (χ1v) is 9.21. The SMILES string of the molecule is CCNC(=O)[C@H](C)NC(=O)COC(=O)C1C2CC3CC(C2)CC1C3. The highest BCUT2D eigenvalue weighted by atomic mass is 16.5. The van der Waals surface area contributed by atoms with Gasteiger partial charge >= 0.3 is 5.97 Å². The molecule has 4 saturated carbocycles. The van der Waals surface area contributed by atoms with Gasteiger partial charge in [-0.15, -0.1) is 0 Å². The molecular weight excluding hydrogens is 308 g/mol. The van der Waals surface area contributed by atoms with Crippen LogP contribution >= 0.6 is 0 Å². The average molecular weight is 336 g/mol. The van der Waals surface area contributed by atoms with Crippen LogP contribution in [0.1, 0.15) is 46.0 Å². The molecule has 0 saturated heterocycles. The predicted octanol–water partition coefficient (Wildman–Crippen LogP) is 1.24. The molecule has 2 amide bonds. The van der Waals surface area contributed by atoms with Crippen molar-refractivity contribution in [3.8, 4) is 0 Å². The molecule has 0 aromatic rings. The fourth-order valence-corrected chi connectivity index (χ4v) is 5.22. The van der Waals surface area contributed by atoms with Crippen LogP contribution in [0.4, 0.5) is 0 Å². The molecule has 2 N–H and O–H groups in total. The second-order valence-corrected chi connectivity index (χ2v) is 7.75. The zero-order valence-electron chi connectivity index (χ0n) is 14.5. The molecule has 4 rings (SSSR count). The number of rotatable bonds is 6. The van der Waals surface area contributed by atoms with E-state index in [1.54, 1.807) is 6.92 Å². The van der Waals surface area contributed by atoms with Gasteiger partial charge in [-0.2, -0.15) is 0 Å².